The van der Waals surface area contributed by atoms with Gasteiger partial charge in [-0.25, -0.2) is 4.79 Å². The van der Waals surface area contributed by atoms with Gasteiger partial charge in [0.2, 0.25) is 0 Å². The van der Waals surface area contributed by atoms with Crippen molar-refractivity contribution in [2.24, 2.45) is 0 Å². The molecule has 4 rings (SSSR count). The van der Waals surface area contributed by atoms with E-state index in [4.69, 9.17) is 0 Å². The first-order chi connectivity index (χ1) is 14.4. The van der Waals surface area contributed by atoms with Crippen LogP contribution in [0.15, 0.2) is 78.9 Å². The number of aliphatic carboxylic acids is 1. The van der Waals surface area contributed by atoms with E-state index in [1.807, 2.05) is 0 Å². The molecule has 0 fully saturated rings. The Morgan fingerprint density at radius 1 is 0.800 bits per heavy atom. The molecule has 0 radical (unpaired) electrons. The molecule has 1 aliphatic heterocycles. The van der Waals surface area contributed by atoms with Crippen LogP contribution in [0.5, 0.6) is 0 Å². The minimum atomic E-state index is -1.93. The molecule has 0 aliphatic carbocycles. The van der Waals surface area contributed by atoms with E-state index >= 15 is 0 Å². The summed E-state index contributed by atoms with van der Waals surface area (Å²) in [5.41, 5.74) is -1.26. The lowest BCUT2D eigenvalue weighted by atomic mass is 9.90. The molecule has 2 amide bonds. The fourth-order valence-electron chi connectivity index (χ4n) is 3.74. The summed E-state index contributed by atoms with van der Waals surface area (Å²) in [7, 11) is 0. The summed E-state index contributed by atoms with van der Waals surface area (Å²) in [5.74, 6) is -3.30. The molecule has 0 saturated carbocycles. The molecule has 6 nitrogen and oxygen atoms in total. The molecule has 1 unspecified atom stereocenters. The zero-order chi connectivity index (χ0) is 21.5. The van der Waals surface area contributed by atoms with Crippen molar-refractivity contribution in [3.05, 3.63) is 107 Å². The van der Waals surface area contributed by atoms with E-state index in [0.29, 0.717) is 5.56 Å². The van der Waals surface area contributed by atoms with E-state index in [1.165, 1.54) is 25.1 Å². The van der Waals surface area contributed by atoms with E-state index in [1.54, 1.807) is 60.7 Å². The molecule has 0 aromatic heterocycles. The minimum absolute atomic E-state index is 0.0187. The molecule has 0 spiro atoms. The van der Waals surface area contributed by atoms with Crippen LogP contribution in [0.2, 0.25) is 0 Å². The highest BCUT2D eigenvalue weighted by atomic mass is 16.4. The van der Waals surface area contributed by atoms with Crippen LogP contribution < -0.4 is 0 Å². The number of fused-ring (bicyclic) bond motifs is 1. The number of nitrogens with zero attached hydrogens (tertiary/aromatic N) is 1. The van der Waals surface area contributed by atoms with E-state index in [0.717, 1.165) is 4.90 Å². The number of hydrogen-bond acceptors (Lipinski definition) is 4. The number of carboxylic acids is 1. The monoisotopic (exact) mass is 399 g/mol. The molecule has 1 N–H and O–H groups in total. The Labute approximate surface area is 172 Å². The fourth-order valence-corrected chi connectivity index (χ4v) is 3.74. The summed E-state index contributed by atoms with van der Waals surface area (Å²) < 4.78 is 0. The van der Waals surface area contributed by atoms with Gasteiger partial charge < -0.3 is 5.11 Å². The van der Waals surface area contributed by atoms with E-state index < -0.39 is 29.1 Å². The lowest BCUT2D eigenvalue weighted by molar-refractivity contribution is -0.148. The molecular formula is C24H17NO5. The summed E-state index contributed by atoms with van der Waals surface area (Å²) in [6.07, 6.45) is 0. The van der Waals surface area contributed by atoms with Gasteiger partial charge in [0.25, 0.3) is 11.8 Å². The van der Waals surface area contributed by atoms with Gasteiger partial charge in [0.05, 0.1) is 11.1 Å². The smallest absolute Gasteiger partial charge is 0.334 e. The van der Waals surface area contributed by atoms with Crippen molar-refractivity contribution in [2.45, 2.75) is 12.5 Å². The summed E-state index contributed by atoms with van der Waals surface area (Å²) in [6, 6.07) is 20.9. The lowest BCUT2D eigenvalue weighted by Crippen LogP contribution is -2.52. The van der Waals surface area contributed by atoms with Gasteiger partial charge in [-0.2, -0.15) is 0 Å². The maximum Gasteiger partial charge on any atom is 0.334 e. The largest absolute Gasteiger partial charge is 0.479 e. The molecule has 1 heterocycles. The average molecular weight is 399 g/mol. The molecule has 3 aromatic rings. The predicted molar refractivity (Wildman–Crippen MR) is 108 cm³/mol. The molecule has 3 aromatic carbocycles. The fraction of sp³-hybridized carbons (Fsp3) is 0.0833. The second kappa shape index (κ2) is 7.08. The molecule has 148 valence electrons. The number of benzene rings is 3. The predicted octanol–water partition coefficient (Wildman–Crippen LogP) is 3.51. The topological polar surface area (TPSA) is 91.8 Å². The highest BCUT2D eigenvalue weighted by Gasteiger charge is 2.53. The Bertz CT molecular complexity index is 1190. The van der Waals surface area contributed by atoms with Gasteiger partial charge in [-0.15, -0.1) is 0 Å². The third kappa shape index (κ3) is 2.73. The third-order valence-corrected chi connectivity index (χ3v) is 5.40. The maximum atomic E-state index is 13.4. The zero-order valence-electron chi connectivity index (χ0n) is 16.0. The summed E-state index contributed by atoms with van der Waals surface area (Å²) in [6.45, 7) is 1.31. The molecule has 0 bridgehead atoms. The highest BCUT2D eigenvalue weighted by molar-refractivity contribution is 6.28. The summed E-state index contributed by atoms with van der Waals surface area (Å²) in [5, 5.41) is 10.0. The first-order valence-electron chi connectivity index (χ1n) is 9.28. The van der Waals surface area contributed by atoms with E-state index in [-0.39, 0.29) is 22.3 Å². The number of rotatable bonds is 5. The van der Waals surface area contributed by atoms with Gasteiger partial charge in [0.15, 0.2) is 11.3 Å². The van der Waals surface area contributed by atoms with Gasteiger partial charge in [0.1, 0.15) is 0 Å². The number of imide groups is 1. The van der Waals surface area contributed by atoms with Crippen LogP contribution in [0.1, 0.15) is 49.1 Å². The van der Waals surface area contributed by atoms with Crippen LogP contribution in [0.4, 0.5) is 0 Å². The third-order valence-electron chi connectivity index (χ3n) is 5.40. The number of carbonyl (C=O) groups is 4. The molecule has 30 heavy (non-hydrogen) atoms. The normalized spacial score (nSPS) is 14.9. The van der Waals surface area contributed by atoms with Crippen molar-refractivity contribution in [2.75, 3.05) is 0 Å². The Kier molecular flexibility index (Phi) is 4.54. The van der Waals surface area contributed by atoms with Crippen molar-refractivity contribution in [3.8, 4) is 0 Å². The summed E-state index contributed by atoms with van der Waals surface area (Å²) >= 11 is 0. The Morgan fingerprint density at radius 2 is 1.40 bits per heavy atom. The molecule has 6 heteroatoms. The standard InChI is InChI=1S/C24H17NO5/c1-24(23(29)30,16-11-6-3-7-12-16)25-21(27)18-14-8-13-17(19(18)22(25)28)20(26)15-9-4-2-5-10-15/h2-14H,1H3,(H,29,30). The van der Waals surface area contributed by atoms with Crippen LogP contribution in [0.25, 0.3) is 0 Å². The van der Waals surface area contributed by atoms with Crippen LogP contribution in [-0.4, -0.2) is 33.6 Å². The molecule has 1 aliphatic rings. The quantitative estimate of drug-likeness (QED) is 0.524. The van der Waals surface area contributed by atoms with Gasteiger partial charge in [-0.1, -0.05) is 72.8 Å². The van der Waals surface area contributed by atoms with Crippen molar-refractivity contribution >= 4 is 23.6 Å². The van der Waals surface area contributed by atoms with Crippen LogP contribution in [0.3, 0.4) is 0 Å². The van der Waals surface area contributed by atoms with Crippen molar-refractivity contribution < 1.29 is 24.3 Å². The summed E-state index contributed by atoms with van der Waals surface area (Å²) in [4.78, 5) is 52.6. The van der Waals surface area contributed by atoms with Crippen molar-refractivity contribution in [1.82, 2.24) is 4.90 Å². The lowest BCUT2D eigenvalue weighted by Gasteiger charge is -2.33. The number of carbonyl (C=O) groups excluding carboxylic acids is 3. The number of hydrogen-bond donors (Lipinski definition) is 1. The van der Waals surface area contributed by atoms with Gasteiger partial charge >= 0.3 is 5.97 Å². The first kappa shape index (κ1) is 19.3. The van der Waals surface area contributed by atoms with Crippen LogP contribution >= 0.6 is 0 Å². The second-order valence-corrected chi connectivity index (χ2v) is 7.11. The van der Waals surface area contributed by atoms with Gasteiger partial charge in [-0.05, 0) is 18.6 Å². The van der Waals surface area contributed by atoms with E-state index in [9.17, 15) is 24.3 Å². The average Bonchev–Trinajstić information content (AvgIpc) is 3.04. The van der Waals surface area contributed by atoms with Crippen LogP contribution in [-0.2, 0) is 10.3 Å². The van der Waals surface area contributed by atoms with Gasteiger partial charge in [-0.3, -0.25) is 19.3 Å². The van der Waals surface area contributed by atoms with Crippen LogP contribution in [0, 0.1) is 0 Å². The highest BCUT2D eigenvalue weighted by Crippen LogP contribution is 2.38. The zero-order valence-corrected chi connectivity index (χ0v) is 16.0. The van der Waals surface area contributed by atoms with Crippen molar-refractivity contribution in [3.63, 3.8) is 0 Å². The second-order valence-electron chi connectivity index (χ2n) is 7.11. The Morgan fingerprint density at radius 3 is 2.00 bits per heavy atom. The first-order valence-corrected chi connectivity index (χ1v) is 9.28. The Hall–Kier alpha value is -4.06. The number of carboxylic acid groups (broad SMARTS) is 1. The minimum Gasteiger partial charge on any atom is -0.479 e. The molecule has 0 saturated heterocycles. The van der Waals surface area contributed by atoms with E-state index in [2.05, 4.69) is 0 Å². The molecular weight excluding hydrogens is 382 g/mol. The maximum absolute atomic E-state index is 13.4. The Balaban J connectivity index is 1.87. The van der Waals surface area contributed by atoms with Crippen molar-refractivity contribution in [1.29, 1.82) is 0 Å². The molecule has 1 atom stereocenters. The number of amides is 2. The SMILES string of the molecule is CC(C(=O)O)(c1ccccc1)N1C(=O)c2cccc(C(=O)c3ccccc3)c2C1=O. The number of ketones is 1. The van der Waals surface area contributed by atoms with Gasteiger partial charge in [0, 0.05) is 11.1 Å².